The smallest absolute Gasteiger partial charge is 0.226 e. The molecule has 1 N–H and O–H groups in total. The van der Waals surface area contributed by atoms with Crippen molar-refractivity contribution in [3.8, 4) is 0 Å². The highest BCUT2D eigenvalue weighted by Gasteiger charge is 2.46. The predicted molar refractivity (Wildman–Crippen MR) is 78.5 cm³/mol. The van der Waals surface area contributed by atoms with Gasteiger partial charge in [-0.25, -0.2) is 4.39 Å². The van der Waals surface area contributed by atoms with E-state index in [1.807, 2.05) is 4.90 Å². The first kappa shape index (κ1) is 15.3. The summed E-state index contributed by atoms with van der Waals surface area (Å²) in [5.74, 6) is 0.438. The molecule has 1 heterocycles. The molecule has 0 bridgehead atoms. The molecule has 3 nitrogen and oxygen atoms in total. The molecule has 1 saturated heterocycles. The van der Waals surface area contributed by atoms with Crippen LogP contribution >= 0.6 is 12.4 Å². The Hall–Kier alpha value is -1.13. The molecule has 20 heavy (non-hydrogen) atoms. The average molecular weight is 299 g/mol. The average Bonchev–Trinajstić information content (AvgIpc) is 3.20. The summed E-state index contributed by atoms with van der Waals surface area (Å²) in [7, 11) is 0. The molecule has 110 valence electrons. The lowest BCUT2D eigenvalue weighted by Gasteiger charge is -2.34. The van der Waals surface area contributed by atoms with Gasteiger partial charge in [-0.15, -0.1) is 12.4 Å². The first-order chi connectivity index (χ1) is 9.16. The Bertz CT molecular complexity index is 479. The van der Waals surface area contributed by atoms with E-state index in [9.17, 15) is 9.18 Å². The standard InChI is InChI=1S/C15H19FN2O.ClH/c1-10-9-17-6-7-18(10)15(19)14-8-13(14)11-2-4-12(16)5-3-11;/h2-5,10,13-14,17H,6-9H2,1H3;1H/t10-,13?,14?;/m1./s1. The van der Waals surface area contributed by atoms with E-state index in [2.05, 4.69) is 12.2 Å². The number of carbonyl (C=O) groups is 1. The van der Waals surface area contributed by atoms with Crippen LogP contribution in [0.4, 0.5) is 4.39 Å². The minimum absolute atomic E-state index is 0. The fraction of sp³-hybridized carbons (Fsp3) is 0.533. The highest BCUT2D eigenvalue weighted by molar-refractivity contribution is 5.85. The third-order valence-corrected chi connectivity index (χ3v) is 4.19. The van der Waals surface area contributed by atoms with Crippen LogP contribution in [0.2, 0.25) is 0 Å². The van der Waals surface area contributed by atoms with Crippen LogP contribution in [0.5, 0.6) is 0 Å². The summed E-state index contributed by atoms with van der Waals surface area (Å²) in [5.41, 5.74) is 1.09. The van der Waals surface area contributed by atoms with E-state index in [1.54, 1.807) is 12.1 Å². The van der Waals surface area contributed by atoms with Gasteiger partial charge in [0, 0.05) is 31.6 Å². The van der Waals surface area contributed by atoms with E-state index in [4.69, 9.17) is 0 Å². The first-order valence-electron chi connectivity index (χ1n) is 6.93. The summed E-state index contributed by atoms with van der Waals surface area (Å²) in [5, 5.41) is 3.29. The van der Waals surface area contributed by atoms with E-state index in [0.717, 1.165) is 31.6 Å². The molecule has 0 spiro atoms. The van der Waals surface area contributed by atoms with Crippen molar-refractivity contribution < 1.29 is 9.18 Å². The molecule has 2 unspecified atom stereocenters. The Balaban J connectivity index is 0.00000147. The molecule has 1 aliphatic heterocycles. The number of hydrogen-bond acceptors (Lipinski definition) is 2. The van der Waals surface area contributed by atoms with Crippen molar-refractivity contribution in [1.29, 1.82) is 0 Å². The summed E-state index contributed by atoms with van der Waals surface area (Å²) >= 11 is 0. The van der Waals surface area contributed by atoms with Crippen LogP contribution in [0.25, 0.3) is 0 Å². The van der Waals surface area contributed by atoms with Crippen LogP contribution in [0.15, 0.2) is 24.3 Å². The van der Waals surface area contributed by atoms with Crippen LogP contribution in [0.1, 0.15) is 24.8 Å². The lowest BCUT2D eigenvalue weighted by atomic mass is 10.1. The normalized spacial score (nSPS) is 28.7. The molecule has 2 fully saturated rings. The van der Waals surface area contributed by atoms with Crippen LogP contribution in [-0.4, -0.2) is 36.5 Å². The molecule has 1 aromatic rings. The zero-order valence-corrected chi connectivity index (χ0v) is 12.3. The summed E-state index contributed by atoms with van der Waals surface area (Å²) in [6.07, 6.45) is 0.904. The van der Waals surface area contributed by atoms with Gasteiger partial charge >= 0.3 is 0 Å². The summed E-state index contributed by atoms with van der Waals surface area (Å²) in [4.78, 5) is 14.4. The van der Waals surface area contributed by atoms with Gasteiger partial charge in [-0.3, -0.25) is 4.79 Å². The molecular weight excluding hydrogens is 279 g/mol. The number of benzene rings is 1. The Kier molecular flexibility index (Phi) is 4.66. The second-order valence-corrected chi connectivity index (χ2v) is 5.59. The lowest BCUT2D eigenvalue weighted by Crippen LogP contribution is -2.52. The van der Waals surface area contributed by atoms with Crippen LogP contribution < -0.4 is 5.32 Å². The molecule has 1 aliphatic carbocycles. The quantitative estimate of drug-likeness (QED) is 0.907. The van der Waals surface area contributed by atoms with Crippen LogP contribution in [0, 0.1) is 11.7 Å². The van der Waals surface area contributed by atoms with Crippen LogP contribution in [0.3, 0.4) is 0 Å². The minimum Gasteiger partial charge on any atom is -0.337 e. The Morgan fingerprint density at radius 3 is 2.70 bits per heavy atom. The summed E-state index contributed by atoms with van der Waals surface area (Å²) in [6, 6.07) is 6.82. The molecule has 3 rings (SSSR count). The molecule has 1 amide bonds. The van der Waals surface area contributed by atoms with Crippen molar-refractivity contribution in [3.63, 3.8) is 0 Å². The number of hydrogen-bond donors (Lipinski definition) is 1. The molecule has 1 aromatic carbocycles. The van der Waals surface area contributed by atoms with Gasteiger partial charge < -0.3 is 10.2 Å². The number of rotatable bonds is 2. The molecule has 0 radical (unpaired) electrons. The Labute approximate surface area is 124 Å². The first-order valence-corrected chi connectivity index (χ1v) is 6.93. The van der Waals surface area contributed by atoms with E-state index >= 15 is 0 Å². The lowest BCUT2D eigenvalue weighted by molar-refractivity contribution is -0.135. The predicted octanol–water partition coefficient (Wildman–Crippen LogP) is 2.17. The third kappa shape index (κ3) is 2.96. The molecule has 3 atom stereocenters. The fourth-order valence-corrected chi connectivity index (χ4v) is 2.93. The van der Waals surface area contributed by atoms with Crippen molar-refractivity contribution in [2.75, 3.05) is 19.6 Å². The zero-order valence-electron chi connectivity index (χ0n) is 11.5. The highest BCUT2D eigenvalue weighted by Crippen LogP contribution is 2.48. The van der Waals surface area contributed by atoms with Crippen molar-refractivity contribution in [1.82, 2.24) is 10.2 Å². The Morgan fingerprint density at radius 1 is 1.35 bits per heavy atom. The van der Waals surface area contributed by atoms with Gasteiger partial charge in [0.25, 0.3) is 0 Å². The maximum absolute atomic E-state index is 12.9. The Morgan fingerprint density at radius 2 is 2.05 bits per heavy atom. The number of carbonyl (C=O) groups excluding carboxylic acids is 1. The number of piperazine rings is 1. The molecule has 5 heteroatoms. The number of amides is 1. The molecular formula is C15H20ClFN2O. The monoisotopic (exact) mass is 298 g/mol. The topological polar surface area (TPSA) is 32.3 Å². The summed E-state index contributed by atoms with van der Waals surface area (Å²) in [6.45, 7) is 4.63. The SMILES string of the molecule is C[C@@H]1CNCCN1C(=O)C1CC1c1ccc(F)cc1.Cl. The summed E-state index contributed by atoms with van der Waals surface area (Å²) < 4.78 is 12.9. The van der Waals surface area contributed by atoms with E-state index in [-0.39, 0.29) is 42.0 Å². The van der Waals surface area contributed by atoms with Gasteiger partial charge in [0.05, 0.1) is 0 Å². The van der Waals surface area contributed by atoms with Crippen molar-refractivity contribution in [2.45, 2.75) is 25.3 Å². The molecule has 2 aliphatic rings. The second kappa shape index (κ2) is 6.10. The molecule has 1 saturated carbocycles. The molecule has 0 aromatic heterocycles. The maximum Gasteiger partial charge on any atom is 0.226 e. The number of halogens is 2. The number of nitrogens with one attached hydrogen (secondary N) is 1. The van der Waals surface area contributed by atoms with Crippen LogP contribution in [-0.2, 0) is 4.79 Å². The number of nitrogens with zero attached hydrogens (tertiary/aromatic N) is 1. The fourth-order valence-electron chi connectivity index (χ4n) is 2.93. The van der Waals surface area contributed by atoms with Gasteiger partial charge in [-0.1, -0.05) is 12.1 Å². The van der Waals surface area contributed by atoms with Crippen molar-refractivity contribution >= 4 is 18.3 Å². The van der Waals surface area contributed by atoms with Gasteiger partial charge in [0.1, 0.15) is 5.82 Å². The highest BCUT2D eigenvalue weighted by atomic mass is 35.5. The largest absolute Gasteiger partial charge is 0.337 e. The van der Waals surface area contributed by atoms with Gasteiger partial charge in [-0.2, -0.15) is 0 Å². The van der Waals surface area contributed by atoms with Crippen molar-refractivity contribution in [3.05, 3.63) is 35.6 Å². The van der Waals surface area contributed by atoms with E-state index in [1.165, 1.54) is 12.1 Å². The van der Waals surface area contributed by atoms with E-state index < -0.39 is 0 Å². The van der Waals surface area contributed by atoms with Crippen molar-refractivity contribution in [2.24, 2.45) is 5.92 Å². The second-order valence-electron chi connectivity index (χ2n) is 5.59. The van der Waals surface area contributed by atoms with Gasteiger partial charge in [0.2, 0.25) is 5.91 Å². The van der Waals surface area contributed by atoms with Gasteiger partial charge in [-0.05, 0) is 37.0 Å². The maximum atomic E-state index is 12.9. The van der Waals surface area contributed by atoms with E-state index in [0.29, 0.717) is 0 Å². The minimum atomic E-state index is -0.219. The van der Waals surface area contributed by atoms with Gasteiger partial charge in [0.15, 0.2) is 0 Å². The zero-order chi connectivity index (χ0) is 13.4. The third-order valence-electron chi connectivity index (χ3n) is 4.19.